The van der Waals surface area contributed by atoms with Crippen LogP contribution in [-0.2, 0) is 9.59 Å². The summed E-state index contributed by atoms with van der Waals surface area (Å²) in [5, 5.41) is 6.65. The van der Waals surface area contributed by atoms with Crippen molar-refractivity contribution in [1.29, 1.82) is 0 Å². The van der Waals surface area contributed by atoms with Crippen LogP contribution in [0.1, 0.15) is 25.3 Å². The molecule has 4 rings (SSSR count). The number of hydrogen-bond donors (Lipinski definition) is 2. The molecule has 1 unspecified atom stereocenters. The molecule has 2 aliphatic rings. The molecule has 0 radical (unpaired) electrons. The molecule has 1 saturated carbocycles. The first kappa shape index (κ1) is 23.1. The van der Waals surface area contributed by atoms with Gasteiger partial charge in [-0.05, 0) is 67.2 Å². The minimum atomic E-state index is -0.254. The van der Waals surface area contributed by atoms with Crippen LogP contribution in [0.15, 0.2) is 42.5 Å². The van der Waals surface area contributed by atoms with Gasteiger partial charge in [-0.15, -0.1) is 0 Å². The van der Waals surface area contributed by atoms with Gasteiger partial charge in [0.2, 0.25) is 11.8 Å². The van der Waals surface area contributed by atoms with Crippen molar-refractivity contribution in [3.05, 3.63) is 58.9 Å². The summed E-state index contributed by atoms with van der Waals surface area (Å²) in [7, 11) is 1.51. The maximum absolute atomic E-state index is 13.2. The maximum Gasteiger partial charge on any atom is 0.246 e. The molecule has 2 aromatic carbocycles. The largest absolute Gasteiger partial charge is 0.495 e. The standard InChI is InChI=1S/C25H27ClFN3O3/c1-15(31)28-22-12-21(26)23(33-2)11-16(22)5-10-24(32)30-13-17-3-4-18(14-30)25(17)29-20-8-6-19(27)7-9-20/h5-12,17-18,25,29H,3-4,13-14H2,1-2H3,(H,28,31)/b10-5+/t17-,18+,25?. The van der Waals surface area contributed by atoms with Crippen molar-refractivity contribution in [3.8, 4) is 5.75 Å². The van der Waals surface area contributed by atoms with Gasteiger partial charge in [-0.3, -0.25) is 9.59 Å². The van der Waals surface area contributed by atoms with Crippen molar-refractivity contribution >= 4 is 40.9 Å². The molecule has 6 nitrogen and oxygen atoms in total. The number of halogens is 2. The Kier molecular flexibility index (Phi) is 6.88. The molecule has 0 spiro atoms. The predicted molar refractivity (Wildman–Crippen MR) is 128 cm³/mol. The molecule has 2 amide bonds. The highest BCUT2D eigenvalue weighted by atomic mass is 35.5. The molecule has 2 bridgehead atoms. The fraction of sp³-hybridized carbons (Fsp3) is 0.360. The maximum atomic E-state index is 13.2. The molecule has 8 heteroatoms. The number of piperidine rings is 1. The summed E-state index contributed by atoms with van der Waals surface area (Å²) in [5.74, 6) is 0.590. The van der Waals surface area contributed by atoms with E-state index in [-0.39, 0.29) is 23.7 Å². The van der Waals surface area contributed by atoms with Crippen molar-refractivity contribution in [2.24, 2.45) is 11.8 Å². The summed E-state index contributed by atoms with van der Waals surface area (Å²) in [6.07, 6.45) is 5.31. The zero-order valence-electron chi connectivity index (χ0n) is 18.6. The van der Waals surface area contributed by atoms with Crippen LogP contribution in [0.5, 0.6) is 5.75 Å². The number of anilines is 2. The van der Waals surface area contributed by atoms with Gasteiger partial charge < -0.3 is 20.3 Å². The van der Waals surface area contributed by atoms with Crippen LogP contribution >= 0.6 is 11.6 Å². The third-order valence-corrected chi connectivity index (χ3v) is 6.66. The second-order valence-corrected chi connectivity index (χ2v) is 9.01. The van der Waals surface area contributed by atoms with Gasteiger partial charge in [-0.25, -0.2) is 4.39 Å². The third kappa shape index (κ3) is 5.30. The molecule has 2 aromatic rings. The third-order valence-electron chi connectivity index (χ3n) is 6.36. The summed E-state index contributed by atoms with van der Waals surface area (Å²) in [6, 6.07) is 9.99. The van der Waals surface area contributed by atoms with Crippen molar-refractivity contribution in [3.63, 3.8) is 0 Å². The molecule has 1 aliphatic heterocycles. The molecule has 0 aromatic heterocycles. The Morgan fingerprint density at radius 3 is 2.42 bits per heavy atom. The number of fused-ring (bicyclic) bond motifs is 2. The van der Waals surface area contributed by atoms with Crippen molar-refractivity contribution < 1.29 is 18.7 Å². The zero-order chi connectivity index (χ0) is 23.5. The molecular weight excluding hydrogens is 445 g/mol. The van der Waals surface area contributed by atoms with Crippen LogP contribution in [0, 0.1) is 17.7 Å². The first-order chi connectivity index (χ1) is 15.8. The normalized spacial score (nSPS) is 21.8. The van der Waals surface area contributed by atoms with E-state index in [1.807, 2.05) is 4.90 Å². The van der Waals surface area contributed by atoms with Crippen LogP contribution in [0.2, 0.25) is 5.02 Å². The lowest BCUT2D eigenvalue weighted by Gasteiger charge is -2.38. The van der Waals surface area contributed by atoms with Crippen molar-refractivity contribution in [2.45, 2.75) is 25.8 Å². The summed E-state index contributed by atoms with van der Waals surface area (Å²) in [4.78, 5) is 26.4. The van der Waals surface area contributed by atoms with Crippen LogP contribution in [0.3, 0.4) is 0 Å². The molecule has 174 valence electrons. The summed E-state index contributed by atoms with van der Waals surface area (Å²) < 4.78 is 18.5. The lowest BCUT2D eigenvalue weighted by Crippen LogP contribution is -2.49. The van der Waals surface area contributed by atoms with Gasteiger partial charge in [0, 0.05) is 49.1 Å². The van der Waals surface area contributed by atoms with E-state index in [1.165, 1.54) is 32.2 Å². The Bertz CT molecular complexity index is 1060. The van der Waals surface area contributed by atoms with E-state index in [1.54, 1.807) is 30.3 Å². The van der Waals surface area contributed by atoms with Gasteiger partial charge >= 0.3 is 0 Å². The molecule has 1 saturated heterocycles. The van der Waals surface area contributed by atoms with E-state index in [0.717, 1.165) is 18.5 Å². The lowest BCUT2D eigenvalue weighted by atomic mass is 9.91. The fourth-order valence-corrected chi connectivity index (χ4v) is 5.05. The topological polar surface area (TPSA) is 70.7 Å². The number of benzene rings is 2. The highest BCUT2D eigenvalue weighted by Crippen LogP contribution is 2.39. The molecule has 33 heavy (non-hydrogen) atoms. The first-order valence-electron chi connectivity index (χ1n) is 11.0. The molecule has 3 atom stereocenters. The average molecular weight is 472 g/mol. The Labute approximate surface area is 197 Å². The summed E-state index contributed by atoms with van der Waals surface area (Å²) in [6.45, 7) is 2.75. The minimum Gasteiger partial charge on any atom is -0.495 e. The minimum absolute atomic E-state index is 0.0742. The number of nitrogens with one attached hydrogen (secondary N) is 2. The SMILES string of the molecule is COc1cc(/C=C/C(=O)N2C[C@H]3CC[C@@H](C2)C3Nc2ccc(F)cc2)c(NC(C)=O)cc1Cl. The highest BCUT2D eigenvalue weighted by molar-refractivity contribution is 6.32. The van der Waals surface area contributed by atoms with E-state index >= 15 is 0 Å². The highest BCUT2D eigenvalue weighted by Gasteiger charge is 2.42. The molecule has 1 aliphatic carbocycles. The van der Waals surface area contributed by atoms with Gasteiger partial charge in [-0.2, -0.15) is 0 Å². The first-order valence-corrected chi connectivity index (χ1v) is 11.4. The smallest absolute Gasteiger partial charge is 0.246 e. The molecular formula is C25H27ClFN3O3. The number of carbonyl (C=O) groups is 2. The number of methoxy groups -OCH3 is 1. The number of nitrogens with zero attached hydrogens (tertiary/aromatic N) is 1. The molecule has 2 N–H and O–H groups in total. The molecule has 2 fully saturated rings. The number of ether oxygens (including phenoxy) is 1. The quantitative estimate of drug-likeness (QED) is 0.593. The van der Waals surface area contributed by atoms with E-state index in [9.17, 15) is 14.0 Å². The van der Waals surface area contributed by atoms with Crippen LogP contribution < -0.4 is 15.4 Å². The summed E-state index contributed by atoms with van der Waals surface area (Å²) in [5.41, 5.74) is 2.05. The van der Waals surface area contributed by atoms with Crippen molar-refractivity contribution in [1.82, 2.24) is 4.90 Å². The van der Waals surface area contributed by atoms with Gasteiger partial charge in [0.1, 0.15) is 11.6 Å². The Hall–Kier alpha value is -3.06. The van der Waals surface area contributed by atoms with Gasteiger partial charge in [-0.1, -0.05) is 11.6 Å². The number of rotatable bonds is 6. The average Bonchev–Trinajstić information content (AvgIpc) is 3.00. The van der Waals surface area contributed by atoms with E-state index in [4.69, 9.17) is 16.3 Å². The summed E-state index contributed by atoms with van der Waals surface area (Å²) >= 11 is 6.19. The Balaban J connectivity index is 1.45. The van der Waals surface area contributed by atoms with Gasteiger partial charge in [0.25, 0.3) is 0 Å². The zero-order valence-corrected chi connectivity index (χ0v) is 19.4. The Morgan fingerprint density at radius 2 is 1.82 bits per heavy atom. The number of hydrogen-bond acceptors (Lipinski definition) is 4. The van der Waals surface area contributed by atoms with Gasteiger partial charge in [0.05, 0.1) is 12.1 Å². The van der Waals surface area contributed by atoms with Crippen molar-refractivity contribution in [2.75, 3.05) is 30.8 Å². The van der Waals surface area contributed by atoms with E-state index < -0.39 is 0 Å². The van der Waals surface area contributed by atoms with Crippen LogP contribution in [-0.4, -0.2) is 43.0 Å². The number of amides is 2. The monoisotopic (exact) mass is 471 g/mol. The van der Waals surface area contributed by atoms with Crippen LogP contribution in [0.4, 0.5) is 15.8 Å². The fourth-order valence-electron chi connectivity index (χ4n) is 4.80. The van der Waals surface area contributed by atoms with Crippen LogP contribution in [0.25, 0.3) is 6.08 Å². The number of likely N-dealkylation sites (tertiary alicyclic amines) is 1. The Morgan fingerprint density at radius 1 is 1.15 bits per heavy atom. The van der Waals surface area contributed by atoms with Gasteiger partial charge in [0.15, 0.2) is 0 Å². The van der Waals surface area contributed by atoms with E-state index in [0.29, 0.717) is 46.9 Å². The predicted octanol–water partition coefficient (Wildman–Crippen LogP) is 4.81. The van der Waals surface area contributed by atoms with E-state index in [2.05, 4.69) is 10.6 Å². The number of carbonyl (C=O) groups excluding carboxylic acids is 2. The second-order valence-electron chi connectivity index (χ2n) is 8.61. The lowest BCUT2D eigenvalue weighted by molar-refractivity contribution is -0.128. The second kappa shape index (κ2) is 9.83. The molecule has 1 heterocycles.